The van der Waals surface area contributed by atoms with E-state index in [2.05, 4.69) is 42.1 Å². The molecule has 0 spiro atoms. The summed E-state index contributed by atoms with van der Waals surface area (Å²) in [6, 6.07) is 9.04. The van der Waals surface area contributed by atoms with Crippen molar-refractivity contribution in [3.05, 3.63) is 35.5 Å². The van der Waals surface area contributed by atoms with E-state index < -0.39 is 0 Å². The third-order valence-electron chi connectivity index (χ3n) is 3.72. The van der Waals surface area contributed by atoms with Crippen LogP contribution in [-0.4, -0.2) is 24.2 Å². The lowest BCUT2D eigenvalue weighted by atomic mass is 10.0. The van der Waals surface area contributed by atoms with E-state index >= 15 is 0 Å². The molecule has 0 radical (unpaired) electrons. The molecule has 0 amide bonds. The molecule has 1 aromatic carbocycles. The van der Waals surface area contributed by atoms with Crippen LogP contribution in [0.15, 0.2) is 35.0 Å². The van der Waals surface area contributed by atoms with Gasteiger partial charge in [-0.3, -0.25) is 4.99 Å². The maximum absolute atomic E-state index is 4.48. The van der Waals surface area contributed by atoms with Crippen molar-refractivity contribution < 1.29 is 0 Å². The summed E-state index contributed by atoms with van der Waals surface area (Å²) in [6.45, 7) is 2.28. The number of nitrogens with zero attached hydrogens (tertiary/aromatic N) is 2. The Labute approximate surface area is 96.3 Å². The maximum Gasteiger partial charge on any atom is 0.0709 e. The van der Waals surface area contributed by atoms with Crippen molar-refractivity contribution in [1.29, 1.82) is 0 Å². The second kappa shape index (κ2) is 3.48. The average Bonchev–Trinajstić information content (AvgIpc) is 2.85. The molecule has 16 heavy (non-hydrogen) atoms. The third-order valence-corrected chi connectivity index (χ3v) is 3.72. The number of benzene rings is 1. The highest BCUT2D eigenvalue weighted by atomic mass is 15.2. The zero-order valence-electron chi connectivity index (χ0n) is 9.77. The highest BCUT2D eigenvalue weighted by molar-refractivity contribution is 6.17. The summed E-state index contributed by atoms with van der Waals surface area (Å²) in [5.41, 5.74) is 5.17. The molecule has 1 fully saturated rings. The number of rotatable bonds is 0. The fourth-order valence-corrected chi connectivity index (χ4v) is 2.55. The van der Waals surface area contributed by atoms with E-state index in [1.165, 1.54) is 29.7 Å². The Balaban J connectivity index is 2.11. The van der Waals surface area contributed by atoms with Gasteiger partial charge in [0.2, 0.25) is 0 Å². The predicted molar refractivity (Wildman–Crippen MR) is 68.0 cm³/mol. The van der Waals surface area contributed by atoms with Crippen molar-refractivity contribution in [1.82, 2.24) is 4.90 Å². The predicted octanol–water partition coefficient (Wildman–Crippen LogP) is 3.23. The highest BCUT2D eigenvalue weighted by Crippen LogP contribution is 2.38. The molecule has 0 aromatic heterocycles. The van der Waals surface area contributed by atoms with Gasteiger partial charge in [0.1, 0.15) is 0 Å². The van der Waals surface area contributed by atoms with Gasteiger partial charge in [0, 0.05) is 36.1 Å². The van der Waals surface area contributed by atoms with Crippen molar-refractivity contribution in [3.8, 4) is 0 Å². The number of hydrogen-bond acceptors (Lipinski definition) is 2. The molecule has 0 aliphatic carbocycles. The number of aliphatic imine (C=N–C) groups is 1. The lowest BCUT2D eigenvalue weighted by molar-refractivity contribution is 0.377. The summed E-state index contributed by atoms with van der Waals surface area (Å²) in [4.78, 5) is 6.87. The molecule has 1 atom stereocenters. The summed E-state index contributed by atoms with van der Waals surface area (Å²) in [5, 5.41) is 0. The fourth-order valence-electron chi connectivity index (χ4n) is 2.55. The molecule has 1 aromatic rings. The Kier molecular flexibility index (Phi) is 2.10. The van der Waals surface area contributed by atoms with E-state index in [0.717, 1.165) is 5.69 Å². The molecule has 2 heteroatoms. The minimum absolute atomic E-state index is 0.656. The van der Waals surface area contributed by atoms with Gasteiger partial charge in [0.05, 0.1) is 5.69 Å². The van der Waals surface area contributed by atoms with Crippen LogP contribution in [0.2, 0.25) is 0 Å². The quantitative estimate of drug-likeness (QED) is 0.644. The lowest BCUT2D eigenvalue weighted by Gasteiger charge is -2.20. The molecule has 0 saturated carbocycles. The van der Waals surface area contributed by atoms with Crippen molar-refractivity contribution in [2.45, 2.75) is 25.8 Å². The molecule has 82 valence electrons. The number of allylic oxidation sites excluding steroid dienone is 2. The number of para-hydroxylation sites is 1. The minimum Gasteiger partial charge on any atom is -0.375 e. The lowest BCUT2D eigenvalue weighted by Crippen LogP contribution is -2.20. The van der Waals surface area contributed by atoms with Crippen LogP contribution in [0, 0.1) is 0 Å². The maximum atomic E-state index is 4.48. The molecule has 2 heterocycles. The Morgan fingerprint density at radius 2 is 2.12 bits per heavy atom. The van der Waals surface area contributed by atoms with Crippen LogP contribution in [-0.2, 0) is 0 Å². The second-order valence-corrected chi connectivity index (χ2v) is 4.63. The first-order valence-electron chi connectivity index (χ1n) is 5.87. The Morgan fingerprint density at radius 1 is 1.31 bits per heavy atom. The van der Waals surface area contributed by atoms with Crippen LogP contribution in [0.3, 0.4) is 0 Å². The first-order valence-corrected chi connectivity index (χ1v) is 5.87. The van der Waals surface area contributed by atoms with E-state index in [0.29, 0.717) is 6.04 Å². The SMILES string of the molecule is C[C@@H]1CC/C(=C2/C=Nc3ccccc32)N1C. The normalized spacial score (nSPS) is 27.6. The van der Waals surface area contributed by atoms with Crippen molar-refractivity contribution in [3.63, 3.8) is 0 Å². The van der Waals surface area contributed by atoms with Crippen LogP contribution in [0.25, 0.3) is 5.57 Å². The molecular weight excluding hydrogens is 196 g/mol. The Hall–Kier alpha value is -1.57. The Bertz CT molecular complexity index is 485. The molecule has 0 bridgehead atoms. The van der Waals surface area contributed by atoms with Crippen LogP contribution < -0.4 is 0 Å². The van der Waals surface area contributed by atoms with Crippen molar-refractivity contribution in [2.24, 2.45) is 4.99 Å². The smallest absolute Gasteiger partial charge is 0.0709 e. The second-order valence-electron chi connectivity index (χ2n) is 4.63. The van der Waals surface area contributed by atoms with Gasteiger partial charge in [0.25, 0.3) is 0 Å². The first-order chi connectivity index (χ1) is 7.77. The average molecular weight is 212 g/mol. The zero-order valence-corrected chi connectivity index (χ0v) is 9.77. The monoisotopic (exact) mass is 212 g/mol. The molecular formula is C14H16N2. The molecule has 3 rings (SSSR count). The van der Waals surface area contributed by atoms with Gasteiger partial charge in [-0.25, -0.2) is 0 Å². The van der Waals surface area contributed by atoms with E-state index in [9.17, 15) is 0 Å². The minimum atomic E-state index is 0.656. The van der Waals surface area contributed by atoms with Gasteiger partial charge in [-0.2, -0.15) is 0 Å². The molecule has 1 saturated heterocycles. The van der Waals surface area contributed by atoms with Crippen LogP contribution >= 0.6 is 0 Å². The van der Waals surface area contributed by atoms with E-state index in [1.807, 2.05) is 12.3 Å². The topological polar surface area (TPSA) is 15.6 Å². The molecule has 2 nitrogen and oxygen atoms in total. The number of hydrogen-bond donors (Lipinski definition) is 0. The van der Waals surface area contributed by atoms with Crippen molar-refractivity contribution in [2.75, 3.05) is 7.05 Å². The Morgan fingerprint density at radius 3 is 2.88 bits per heavy atom. The molecule has 2 aliphatic heterocycles. The van der Waals surface area contributed by atoms with Gasteiger partial charge in [-0.05, 0) is 25.8 Å². The van der Waals surface area contributed by atoms with Gasteiger partial charge in [0.15, 0.2) is 0 Å². The fraction of sp³-hybridized carbons (Fsp3) is 0.357. The van der Waals surface area contributed by atoms with Crippen molar-refractivity contribution >= 4 is 17.5 Å². The first kappa shape index (κ1) is 9.64. The number of fused-ring (bicyclic) bond motifs is 1. The van der Waals surface area contributed by atoms with Crippen LogP contribution in [0.5, 0.6) is 0 Å². The van der Waals surface area contributed by atoms with E-state index in [4.69, 9.17) is 0 Å². The summed E-state index contributed by atoms with van der Waals surface area (Å²) in [5.74, 6) is 0. The third kappa shape index (κ3) is 1.29. The summed E-state index contributed by atoms with van der Waals surface area (Å²) in [7, 11) is 2.19. The van der Waals surface area contributed by atoms with Gasteiger partial charge < -0.3 is 4.90 Å². The van der Waals surface area contributed by atoms with E-state index in [1.54, 1.807) is 0 Å². The summed E-state index contributed by atoms with van der Waals surface area (Å²) < 4.78 is 0. The number of likely N-dealkylation sites (tertiary alicyclic amines) is 1. The van der Waals surface area contributed by atoms with Gasteiger partial charge in [-0.1, -0.05) is 18.2 Å². The van der Waals surface area contributed by atoms with E-state index in [-0.39, 0.29) is 0 Å². The standard InChI is InChI=1S/C14H16N2/c1-10-7-8-14(16(10)2)12-9-15-13-6-4-3-5-11(12)13/h3-6,9-10H,7-8H2,1-2H3/b14-12+/t10-/m1/s1. The summed E-state index contributed by atoms with van der Waals surface area (Å²) >= 11 is 0. The van der Waals surface area contributed by atoms with Crippen LogP contribution in [0.1, 0.15) is 25.3 Å². The van der Waals surface area contributed by atoms with Gasteiger partial charge >= 0.3 is 0 Å². The van der Waals surface area contributed by atoms with Gasteiger partial charge in [-0.15, -0.1) is 0 Å². The highest BCUT2D eigenvalue weighted by Gasteiger charge is 2.25. The molecule has 0 unspecified atom stereocenters. The zero-order chi connectivity index (χ0) is 11.1. The van der Waals surface area contributed by atoms with Crippen LogP contribution in [0.4, 0.5) is 5.69 Å². The summed E-state index contributed by atoms with van der Waals surface area (Å²) in [6.07, 6.45) is 4.45. The molecule has 2 aliphatic rings. The molecule has 0 N–H and O–H groups in total. The largest absolute Gasteiger partial charge is 0.375 e.